The molecule has 7 nitrogen and oxygen atoms in total. The molecule has 3 aliphatic rings. The zero-order valence-corrected chi connectivity index (χ0v) is 24.3. The average Bonchev–Trinajstić information content (AvgIpc) is 3.22. The number of aliphatic hydroxyl groups excluding tert-OH is 2. The maximum Gasteiger partial charge on any atom is 0.309 e. The minimum Gasteiger partial charge on any atom is -0.481 e. The van der Waals surface area contributed by atoms with E-state index < -0.39 is 23.6 Å². The molecule has 0 saturated heterocycles. The fourth-order valence-electron chi connectivity index (χ4n) is 7.55. The summed E-state index contributed by atoms with van der Waals surface area (Å²) in [5, 5.41) is 45.9. The van der Waals surface area contributed by atoms with Crippen LogP contribution in [0.25, 0.3) is 0 Å². The van der Waals surface area contributed by atoms with Crippen molar-refractivity contribution in [2.75, 3.05) is 6.54 Å². The Morgan fingerprint density at radius 2 is 1.69 bits per heavy atom. The zero-order chi connectivity index (χ0) is 28.3. The summed E-state index contributed by atoms with van der Waals surface area (Å²) in [5.74, 6) is -0.598. The number of carboxylic acids is 1. The second-order valence-electron chi connectivity index (χ2n) is 12.8. The van der Waals surface area contributed by atoms with Gasteiger partial charge in [0.25, 0.3) is 0 Å². The van der Waals surface area contributed by atoms with Crippen LogP contribution in [0.1, 0.15) is 122 Å². The van der Waals surface area contributed by atoms with Crippen molar-refractivity contribution < 1.29 is 25.2 Å². The molecule has 1 aliphatic heterocycles. The van der Waals surface area contributed by atoms with Crippen molar-refractivity contribution in [2.45, 2.75) is 140 Å². The van der Waals surface area contributed by atoms with Gasteiger partial charge in [0.1, 0.15) is 0 Å². The molecule has 1 heterocycles. The van der Waals surface area contributed by atoms with Gasteiger partial charge in [-0.15, -0.1) is 0 Å². The van der Waals surface area contributed by atoms with Crippen LogP contribution in [0, 0.1) is 23.7 Å². The molecule has 7 atom stereocenters. The van der Waals surface area contributed by atoms with Crippen molar-refractivity contribution >= 4 is 5.97 Å². The van der Waals surface area contributed by atoms with Crippen LogP contribution in [0.3, 0.4) is 0 Å². The molecule has 0 unspecified atom stereocenters. The number of aliphatic hydroxyl groups is 3. The summed E-state index contributed by atoms with van der Waals surface area (Å²) in [6, 6.07) is 0. The number of hydrogen-bond acceptors (Lipinski definition) is 6. The summed E-state index contributed by atoms with van der Waals surface area (Å²) in [6.07, 6.45) is 19.6. The Labute approximate surface area is 236 Å². The van der Waals surface area contributed by atoms with Gasteiger partial charge in [0.15, 0.2) is 0 Å². The van der Waals surface area contributed by atoms with Crippen molar-refractivity contribution in [3.8, 4) is 0 Å². The van der Waals surface area contributed by atoms with Gasteiger partial charge in [-0.3, -0.25) is 4.79 Å². The number of unbranched alkanes of at least 4 members (excludes halogenated alkanes) is 7. The summed E-state index contributed by atoms with van der Waals surface area (Å²) in [4.78, 5) is 12.1. The van der Waals surface area contributed by atoms with Gasteiger partial charge >= 0.3 is 5.97 Å². The molecule has 0 radical (unpaired) electrons. The number of allylic oxidation sites excluding steroid dienone is 2. The third-order valence-corrected chi connectivity index (χ3v) is 9.84. The van der Waals surface area contributed by atoms with E-state index in [1.807, 2.05) is 6.08 Å². The van der Waals surface area contributed by atoms with Gasteiger partial charge in [0, 0.05) is 6.54 Å². The molecule has 2 fully saturated rings. The quantitative estimate of drug-likeness (QED) is 0.126. The first-order valence-corrected chi connectivity index (χ1v) is 15.9. The maximum atomic E-state index is 12.1. The fraction of sp³-hybridized carbons (Fsp3) is 0.844. The molecule has 0 amide bonds. The molecule has 224 valence electrons. The molecule has 0 aromatic heterocycles. The molecule has 7 N–H and O–H groups in total. The Hall–Kier alpha value is -1.57. The second kappa shape index (κ2) is 16.0. The number of aliphatic carboxylic acids is 1. The summed E-state index contributed by atoms with van der Waals surface area (Å²) in [5.41, 5.74) is 6.35. The largest absolute Gasteiger partial charge is 0.481 e. The lowest BCUT2D eigenvalue weighted by Gasteiger charge is -2.43. The molecule has 0 aromatic carbocycles. The highest BCUT2D eigenvalue weighted by Crippen LogP contribution is 2.53. The van der Waals surface area contributed by atoms with Crippen LogP contribution in [0.15, 0.2) is 23.5 Å². The van der Waals surface area contributed by atoms with E-state index >= 15 is 0 Å². The van der Waals surface area contributed by atoms with E-state index in [1.54, 1.807) is 0 Å². The number of hydrogen-bond donors (Lipinski definition) is 6. The van der Waals surface area contributed by atoms with E-state index in [0.717, 1.165) is 83.6 Å². The van der Waals surface area contributed by atoms with Crippen LogP contribution in [0.2, 0.25) is 0 Å². The summed E-state index contributed by atoms with van der Waals surface area (Å²) in [6.45, 7) is 2.95. The van der Waals surface area contributed by atoms with Crippen LogP contribution in [0.5, 0.6) is 0 Å². The molecule has 7 heteroatoms. The number of carbonyl (C=O) groups is 1. The number of dihydropyridines is 1. The highest BCUT2D eigenvalue weighted by molar-refractivity contribution is 5.70. The number of nitrogens with two attached hydrogens (primary N) is 1. The molecule has 2 aliphatic carbocycles. The van der Waals surface area contributed by atoms with Gasteiger partial charge in [-0.2, -0.15) is 0 Å². The standard InChI is InChI=1S/C32H56N2O5/c1-2-3-4-5-8-11-26(35)12-9-6-7-10-13-27(31(37)38)30(36)25-14-15-28-24(16-18-32(28,39)22-25)20-23-17-19-34-29(33)21-23/h17,21,24-28,30,34-36,39H,2-16,18-20,22,33H2,1H3,(H,37,38)/t24-,25+,26-,27-,28-,30+,32-/m0/s1. The predicted molar refractivity (Wildman–Crippen MR) is 156 cm³/mol. The van der Waals surface area contributed by atoms with E-state index in [-0.39, 0.29) is 17.9 Å². The summed E-state index contributed by atoms with van der Waals surface area (Å²) >= 11 is 0. The summed E-state index contributed by atoms with van der Waals surface area (Å²) in [7, 11) is 0. The number of rotatable bonds is 18. The van der Waals surface area contributed by atoms with E-state index in [0.29, 0.717) is 24.6 Å². The third-order valence-electron chi connectivity index (χ3n) is 9.84. The SMILES string of the molecule is CCCCCCC[C@H](O)CCCCCC[C@H](C(=O)O)[C@H](O)[C@@H]1CC[C@H]2[C@H](CC3=CCNC(N)=C3)CC[C@]2(O)C1. The second-order valence-corrected chi connectivity index (χ2v) is 12.8. The molecular weight excluding hydrogens is 492 g/mol. The Morgan fingerprint density at radius 3 is 2.33 bits per heavy atom. The third kappa shape index (κ3) is 9.79. The van der Waals surface area contributed by atoms with E-state index in [9.17, 15) is 25.2 Å². The van der Waals surface area contributed by atoms with Crippen LogP contribution >= 0.6 is 0 Å². The normalized spacial score (nSPS) is 29.1. The molecule has 0 aromatic rings. The van der Waals surface area contributed by atoms with Gasteiger partial charge < -0.3 is 31.5 Å². The molecule has 39 heavy (non-hydrogen) atoms. The van der Waals surface area contributed by atoms with Crippen LogP contribution in [-0.2, 0) is 4.79 Å². The van der Waals surface area contributed by atoms with E-state index in [4.69, 9.17) is 5.73 Å². The highest BCUT2D eigenvalue weighted by atomic mass is 16.4. The molecule has 2 saturated carbocycles. The smallest absolute Gasteiger partial charge is 0.309 e. The van der Waals surface area contributed by atoms with Crippen molar-refractivity contribution in [3.05, 3.63) is 23.5 Å². The first-order valence-electron chi connectivity index (χ1n) is 15.9. The monoisotopic (exact) mass is 548 g/mol. The Bertz CT molecular complexity index is 814. The lowest BCUT2D eigenvalue weighted by atomic mass is 9.66. The maximum absolute atomic E-state index is 12.1. The van der Waals surface area contributed by atoms with Crippen molar-refractivity contribution in [1.29, 1.82) is 0 Å². The van der Waals surface area contributed by atoms with Gasteiger partial charge in [-0.05, 0) is 87.2 Å². The van der Waals surface area contributed by atoms with Gasteiger partial charge in [-0.25, -0.2) is 0 Å². The molecular formula is C32H56N2O5. The fourth-order valence-corrected chi connectivity index (χ4v) is 7.55. The molecule has 0 spiro atoms. The number of carboxylic acid groups (broad SMARTS) is 1. The number of fused-ring (bicyclic) bond motifs is 1. The first kappa shape index (κ1) is 32.0. The zero-order valence-electron chi connectivity index (χ0n) is 24.3. The Kier molecular flexibility index (Phi) is 13.1. The first-order chi connectivity index (χ1) is 18.7. The van der Waals surface area contributed by atoms with Gasteiger partial charge in [0.05, 0.1) is 29.5 Å². The minimum absolute atomic E-state index is 0.174. The molecule has 0 bridgehead atoms. The Morgan fingerprint density at radius 1 is 1.03 bits per heavy atom. The summed E-state index contributed by atoms with van der Waals surface area (Å²) < 4.78 is 0. The van der Waals surface area contributed by atoms with Gasteiger partial charge in [-0.1, -0.05) is 70.8 Å². The average molecular weight is 549 g/mol. The van der Waals surface area contributed by atoms with Crippen molar-refractivity contribution in [1.82, 2.24) is 5.32 Å². The van der Waals surface area contributed by atoms with Crippen LogP contribution < -0.4 is 11.1 Å². The lowest BCUT2D eigenvalue weighted by molar-refractivity contribution is -0.151. The van der Waals surface area contributed by atoms with Crippen LogP contribution in [0.4, 0.5) is 0 Å². The Balaban J connectivity index is 1.38. The van der Waals surface area contributed by atoms with Crippen molar-refractivity contribution in [3.63, 3.8) is 0 Å². The number of nitrogens with one attached hydrogen (secondary N) is 1. The lowest BCUT2D eigenvalue weighted by Crippen LogP contribution is -2.46. The highest BCUT2D eigenvalue weighted by Gasteiger charge is 2.52. The topological polar surface area (TPSA) is 136 Å². The van der Waals surface area contributed by atoms with Gasteiger partial charge in [0.2, 0.25) is 0 Å². The van der Waals surface area contributed by atoms with E-state index in [1.165, 1.54) is 31.3 Å². The minimum atomic E-state index is -0.929. The van der Waals surface area contributed by atoms with Crippen LogP contribution in [-0.4, -0.2) is 50.7 Å². The van der Waals surface area contributed by atoms with Crippen molar-refractivity contribution in [2.24, 2.45) is 29.4 Å². The predicted octanol–water partition coefficient (Wildman–Crippen LogP) is 5.39. The van der Waals surface area contributed by atoms with E-state index in [2.05, 4.69) is 18.3 Å². The molecule has 3 rings (SSSR count).